The Morgan fingerprint density at radius 3 is 2.57 bits per heavy atom. The number of rotatable bonds is 9. The predicted molar refractivity (Wildman–Crippen MR) is 176 cm³/mol. The number of amides is 2. The minimum absolute atomic E-state index is 0.0735. The maximum atomic E-state index is 13.7. The quantitative estimate of drug-likeness (QED) is 0.251. The Morgan fingerprint density at radius 2 is 1.86 bits per heavy atom. The molecule has 3 aromatic rings. The first-order valence-electron chi connectivity index (χ1n) is 15.1. The van der Waals surface area contributed by atoms with Crippen LogP contribution in [-0.2, 0) is 22.4 Å². The zero-order valence-electron chi connectivity index (χ0n) is 25.8. The number of carbonyl (C=O) groups is 2. The third kappa shape index (κ3) is 7.81. The Balaban J connectivity index is 1.39. The summed E-state index contributed by atoms with van der Waals surface area (Å²) in [7, 11) is 0. The van der Waals surface area contributed by atoms with Crippen molar-refractivity contribution in [2.45, 2.75) is 47.0 Å². The number of ether oxygens (including phenoxy) is 3. The SMILES string of the molecule is CCOc1cc(C=Nc2sc3c(c2C(=O)Nc2ccc(Cl)cc2)CC[C@H](C(C)(C)C)C3)ccc1OCC(=O)N1CCOCC1. The first-order chi connectivity index (χ1) is 21.1. The largest absolute Gasteiger partial charge is 0.490 e. The molecule has 1 aliphatic heterocycles. The fourth-order valence-corrected chi connectivity index (χ4v) is 6.93. The number of carbonyl (C=O) groups excluding carboxylic acids is 2. The summed E-state index contributed by atoms with van der Waals surface area (Å²) >= 11 is 7.65. The van der Waals surface area contributed by atoms with Gasteiger partial charge in [0.15, 0.2) is 18.1 Å². The first kappa shape index (κ1) is 32.0. The normalized spacial score (nSPS) is 16.9. The van der Waals surface area contributed by atoms with Gasteiger partial charge in [-0.25, -0.2) is 4.99 Å². The average molecular weight is 638 g/mol. The van der Waals surface area contributed by atoms with Crippen molar-refractivity contribution in [1.82, 2.24) is 4.90 Å². The van der Waals surface area contributed by atoms with Crippen LogP contribution in [0.3, 0.4) is 0 Å². The van der Waals surface area contributed by atoms with Crippen LogP contribution in [0.15, 0.2) is 47.5 Å². The van der Waals surface area contributed by atoms with Gasteiger partial charge in [-0.15, -0.1) is 11.3 Å². The van der Waals surface area contributed by atoms with E-state index in [4.69, 9.17) is 30.8 Å². The second-order valence-corrected chi connectivity index (χ2v) is 13.6. The molecule has 2 heterocycles. The molecule has 1 fully saturated rings. The molecule has 0 bridgehead atoms. The third-order valence-electron chi connectivity index (χ3n) is 8.11. The summed E-state index contributed by atoms with van der Waals surface area (Å²) in [6, 6.07) is 12.6. The van der Waals surface area contributed by atoms with Crippen LogP contribution in [0.25, 0.3) is 0 Å². The van der Waals surface area contributed by atoms with Crippen molar-refractivity contribution in [3.05, 3.63) is 69.1 Å². The number of thiophene rings is 1. The zero-order chi connectivity index (χ0) is 31.3. The summed E-state index contributed by atoms with van der Waals surface area (Å²) in [5.74, 6) is 1.31. The second kappa shape index (κ2) is 14.1. The summed E-state index contributed by atoms with van der Waals surface area (Å²) in [4.78, 5) is 34.1. The predicted octanol–water partition coefficient (Wildman–Crippen LogP) is 7.19. The third-order valence-corrected chi connectivity index (χ3v) is 9.53. The van der Waals surface area contributed by atoms with E-state index < -0.39 is 0 Å². The molecular formula is C34H40ClN3O5S. The lowest BCUT2D eigenvalue weighted by molar-refractivity contribution is -0.137. The molecule has 0 unspecified atom stereocenters. The van der Waals surface area contributed by atoms with Crippen LogP contribution in [-0.4, -0.2) is 62.4 Å². The molecule has 1 aromatic heterocycles. The molecule has 1 saturated heterocycles. The van der Waals surface area contributed by atoms with Gasteiger partial charge in [-0.05, 0) is 91.1 Å². The molecule has 2 aliphatic rings. The number of hydrogen-bond donors (Lipinski definition) is 1. The Labute approximate surface area is 268 Å². The van der Waals surface area contributed by atoms with Gasteiger partial charge in [0.2, 0.25) is 0 Å². The fraction of sp³-hybridized carbons (Fsp3) is 0.441. The lowest BCUT2D eigenvalue weighted by Crippen LogP contribution is -2.43. The molecule has 2 aromatic carbocycles. The lowest BCUT2D eigenvalue weighted by atomic mass is 9.72. The molecule has 0 radical (unpaired) electrons. The summed E-state index contributed by atoms with van der Waals surface area (Å²) in [6.45, 7) is 11.3. The van der Waals surface area contributed by atoms with E-state index >= 15 is 0 Å². The number of hydrogen-bond acceptors (Lipinski definition) is 7. The minimum Gasteiger partial charge on any atom is -0.490 e. The van der Waals surface area contributed by atoms with E-state index in [2.05, 4.69) is 26.1 Å². The van der Waals surface area contributed by atoms with E-state index in [1.165, 1.54) is 4.88 Å². The van der Waals surface area contributed by atoms with Gasteiger partial charge in [-0.3, -0.25) is 9.59 Å². The summed E-state index contributed by atoms with van der Waals surface area (Å²) in [6.07, 6.45) is 4.56. The number of fused-ring (bicyclic) bond motifs is 1. The van der Waals surface area contributed by atoms with E-state index in [0.717, 1.165) is 30.4 Å². The number of morpholine rings is 1. The number of benzene rings is 2. The van der Waals surface area contributed by atoms with Crippen molar-refractivity contribution in [2.75, 3.05) is 44.8 Å². The lowest BCUT2D eigenvalue weighted by Gasteiger charge is -2.33. The second-order valence-electron chi connectivity index (χ2n) is 12.1. The van der Waals surface area contributed by atoms with Crippen molar-refractivity contribution in [2.24, 2.45) is 16.3 Å². The van der Waals surface area contributed by atoms with Crippen LogP contribution < -0.4 is 14.8 Å². The van der Waals surface area contributed by atoms with E-state index in [-0.39, 0.29) is 23.8 Å². The van der Waals surface area contributed by atoms with Crippen LogP contribution in [0.4, 0.5) is 10.7 Å². The summed E-state index contributed by atoms with van der Waals surface area (Å²) < 4.78 is 17.1. The highest BCUT2D eigenvalue weighted by Gasteiger charge is 2.33. The molecule has 1 N–H and O–H groups in total. The monoisotopic (exact) mass is 637 g/mol. The molecule has 5 rings (SSSR count). The Bertz CT molecular complexity index is 1510. The molecule has 44 heavy (non-hydrogen) atoms. The van der Waals surface area contributed by atoms with Crippen molar-refractivity contribution < 1.29 is 23.8 Å². The molecule has 234 valence electrons. The zero-order valence-corrected chi connectivity index (χ0v) is 27.4. The maximum absolute atomic E-state index is 13.7. The number of nitrogens with zero attached hydrogens (tertiary/aromatic N) is 2. The van der Waals surface area contributed by atoms with Gasteiger partial charge in [-0.2, -0.15) is 0 Å². The van der Waals surface area contributed by atoms with Crippen molar-refractivity contribution in [3.63, 3.8) is 0 Å². The van der Waals surface area contributed by atoms with Crippen LogP contribution in [0.1, 0.15) is 60.5 Å². The molecular weight excluding hydrogens is 598 g/mol. The van der Waals surface area contributed by atoms with E-state index in [1.807, 2.05) is 19.1 Å². The molecule has 2 amide bonds. The highest BCUT2D eigenvalue weighted by molar-refractivity contribution is 7.16. The van der Waals surface area contributed by atoms with Crippen molar-refractivity contribution in [1.29, 1.82) is 0 Å². The number of halogens is 1. The molecule has 8 nitrogen and oxygen atoms in total. The van der Waals surface area contributed by atoms with Gasteiger partial charge in [0.25, 0.3) is 11.8 Å². The van der Waals surface area contributed by atoms with Gasteiger partial charge >= 0.3 is 0 Å². The van der Waals surface area contributed by atoms with Gasteiger partial charge in [-0.1, -0.05) is 32.4 Å². The Morgan fingerprint density at radius 1 is 1.11 bits per heavy atom. The molecule has 1 atom stereocenters. The number of anilines is 1. The highest BCUT2D eigenvalue weighted by atomic mass is 35.5. The minimum atomic E-state index is -0.171. The summed E-state index contributed by atoms with van der Waals surface area (Å²) in [5.41, 5.74) is 3.39. The fourth-order valence-electron chi connectivity index (χ4n) is 5.53. The molecule has 0 spiro atoms. The first-order valence-corrected chi connectivity index (χ1v) is 16.3. The van der Waals surface area contributed by atoms with E-state index in [0.29, 0.717) is 71.6 Å². The summed E-state index contributed by atoms with van der Waals surface area (Å²) in [5, 5.41) is 4.34. The standard InChI is InChI=1S/C34H40ClN3O5S/c1-5-42-28-18-22(6-13-27(28)43-21-30(39)38-14-16-41-17-15-38)20-36-33-31(32(40)37-25-10-8-24(35)9-11-25)26-12-7-23(34(2,3)4)19-29(26)44-33/h6,8-11,13,18,20,23H,5,7,12,14-17,19,21H2,1-4H3,(H,37,40)/t23-/m0/s1. The van der Waals surface area contributed by atoms with Crippen LogP contribution >= 0.6 is 22.9 Å². The number of aliphatic imine (C=N–C) groups is 1. The van der Waals surface area contributed by atoms with Gasteiger partial charge in [0.1, 0.15) is 5.00 Å². The maximum Gasteiger partial charge on any atom is 0.260 e. The molecule has 1 aliphatic carbocycles. The topological polar surface area (TPSA) is 89.5 Å². The van der Waals surface area contributed by atoms with Crippen molar-refractivity contribution >= 4 is 51.7 Å². The molecule has 10 heteroatoms. The van der Waals surface area contributed by atoms with Crippen LogP contribution in [0.5, 0.6) is 11.5 Å². The van der Waals surface area contributed by atoms with Gasteiger partial charge < -0.3 is 24.4 Å². The smallest absolute Gasteiger partial charge is 0.260 e. The number of nitrogens with one attached hydrogen (secondary N) is 1. The van der Waals surface area contributed by atoms with Crippen LogP contribution in [0, 0.1) is 11.3 Å². The Kier molecular flexibility index (Phi) is 10.3. The van der Waals surface area contributed by atoms with Crippen LogP contribution in [0.2, 0.25) is 5.02 Å². The Hall–Kier alpha value is -3.40. The van der Waals surface area contributed by atoms with Gasteiger partial charge in [0.05, 0.1) is 25.4 Å². The van der Waals surface area contributed by atoms with Crippen molar-refractivity contribution in [3.8, 4) is 11.5 Å². The highest BCUT2D eigenvalue weighted by Crippen LogP contribution is 2.45. The van der Waals surface area contributed by atoms with E-state index in [9.17, 15) is 9.59 Å². The molecule has 0 saturated carbocycles. The average Bonchev–Trinajstić information content (AvgIpc) is 3.38. The van der Waals surface area contributed by atoms with Gasteiger partial charge in [0, 0.05) is 34.9 Å². The van der Waals surface area contributed by atoms with E-state index in [1.54, 1.807) is 52.8 Å².